The van der Waals surface area contributed by atoms with E-state index in [1.54, 1.807) is 43.5 Å². The third-order valence-corrected chi connectivity index (χ3v) is 4.76. The standard InChI is InChI=1S/C22H19N3O6/c1-3-13-19-15(12-23-21(13)31-22(26)29-4-2)24-14-8-7-11-18(20(14)19)30-17-10-6-5-9-16(17)25(27)28/h5-12,24H,3-4H2,1-2H3. The quantitative estimate of drug-likeness (QED) is 0.248. The van der Waals surface area contributed by atoms with Gasteiger partial charge in [-0.05, 0) is 31.5 Å². The number of H-pyrrole nitrogens is 1. The summed E-state index contributed by atoms with van der Waals surface area (Å²) in [6, 6.07) is 11.6. The number of rotatable bonds is 6. The Labute approximate surface area is 176 Å². The van der Waals surface area contributed by atoms with Gasteiger partial charge in [-0.3, -0.25) is 10.1 Å². The zero-order valence-electron chi connectivity index (χ0n) is 16.9. The number of hydrogen-bond acceptors (Lipinski definition) is 7. The summed E-state index contributed by atoms with van der Waals surface area (Å²) in [7, 11) is 0. The van der Waals surface area contributed by atoms with Crippen molar-refractivity contribution < 1.29 is 23.9 Å². The van der Waals surface area contributed by atoms with Gasteiger partial charge in [0.15, 0.2) is 0 Å². The van der Waals surface area contributed by atoms with Crippen LogP contribution in [0.5, 0.6) is 17.4 Å². The molecule has 2 aromatic carbocycles. The summed E-state index contributed by atoms with van der Waals surface area (Å²) < 4.78 is 16.2. The maximum absolute atomic E-state index is 11.8. The molecule has 31 heavy (non-hydrogen) atoms. The first-order valence-electron chi connectivity index (χ1n) is 9.71. The van der Waals surface area contributed by atoms with Crippen molar-refractivity contribution in [1.29, 1.82) is 0 Å². The molecule has 158 valence electrons. The Hall–Kier alpha value is -4.14. The monoisotopic (exact) mass is 421 g/mol. The van der Waals surface area contributed by atoms with Gasteiger partial charge in [-0.2, -0.15) is 0 Å². The van der Waals surface area contributed by atoms with Gasteiger partial charge in [0.1, 0.15) is 5.75 Å². The molecule has 0 saturated heterocycles. The van der Waals surface area contributed by atoms with E-state index in [9.17, 15) is 14.9 Å². The van der Waals surface area contributed by atoms with Crippen LogP contribution in [-0.2, 0) is 11.2 Å². The number of nitro groups is 1. The zero-order valence-corrected chi connectivity index (χ0v) is 16.9. The largest absolute Gasteiger partial charge is 0.515 e. The number of para-hydroxylation sites is 2. The van der Waals surface area contributed by atoms with E-state index in [0.29, 0.717) is 23.1 Å². The number of nitrogens with zero attached hydrogens (tertiary/aromatic N) is 2. The molecule has 4 rings (SSSR count). The van der Waals surface area contributed by atoms with E-state index in [-0.39, 0.29) is 23.9 Å². The summed E-state index contributed by atoms with van der Waals surface area (Å²) in [5, 5.41) is 12.9. The Morgan fingerprint density at radius 3 is 2.58 bits per heavy atom. The normalized spacial score (nSPS) is 10.9. The smallest absolute Gasteiger partial charge is 0.449 e. The van der Waals surface area contributed by atoms with Gasteiger partial charge in [0, 0.05) is 17.0 Å². The summed E-state index contributed by atoms with van der Waals surface area (Å²) in [6.07, 6.45) is 1.25. The van der Waals surface area contributed by atoms with Crippen LogP contribution in [0.3, 0.4) is 0 Å². The summed E-state index contributed by atoms with van der Waals surface area (Å²) in [6.45, 7) is 3.78. The van der Waals surface area contributed by atoms with Crippen molar-refractivity contribution in [1.82, 2.24) is 9.97 Å². The summed E-state index contributed by atoms with van der Waals surface area (Å²) in [5.41, 5.74) is 2.04. The van der Waals surface area contributed by atoms with Crippen LogP contribution in [0.25, 0.3) is 21.8 Å². The molecular weight excluding hydrogens is 402 g/mol. The Balaban J connectivity index is 1.90. The van der Waals surface area contributed by atoms with Crippen LogP contribution >= 0.6 is 0 Å². The van der Waals surface area contributed by atoms with Crippen molar-refractivity contribution in [2.24, 2.45) is 0 Å². The van der Waals surface area contributed by atoms with Gasteiger partial charge in [-0.25, -0.2) is 9.78 Å². The van der Waals surface area contributed by atoms with Crippen LogP contribution in [0.15, 0.2) is 48.7 Å². The lowest BCUT2D eigenvalue weighted by atomic mass is 10.1. The van der Waals surface area contributed by atoms with Crippen LogP contribution < -0.4 is 9.47 Å². The summed E-state index contributed by atoms with van der Waals surface area (Å²) in [4.78, 5) is 30.3. The van der Waals surface area contributed by atoms with Crippen molar-refractivity contribution in [3.63, 3.8) is 0 Å². The Kier molecular flexibility index (Phi) is 5.40. The van der Waals surface area contributed by atoms with E-state index in [1.807, 2.05) is 13.0 Å². The SMILES string of the molecule is CCOC(=O)Oc1ncc2[nH]c3cccc(Oc4ccccc4[N+](=O)[O-])c3c2c1CC. The van der Waals surface area contributed by atoms with Gasteiger partial charge in [0.25, 0.3) is 0 Å². The van der Waals surface area contributed by atoms with Crippen LogP contribution in [0, 0.1) is 10.1 Å². The molecule has 0 atom stereocenters. The fraction of sp³-hybridized carbons (Fsp3) is 0.182. The number of ether oxygens (including phenoxy) is 3. The van der Waals surface area contributed by atoms with Crippen molar-refractivity contribution in [2.75, 3.05) is 6.61 Å². The van der Waals surface area contributed by atoms with Crippen molar-refractivity contribution in [3.8, 4) is 17.4 Å². The minimum atomic E-state index is -0.833. The molecule has 0 amide bonds. The van der Waals surface area contributed by atoms with Crippen LogP contribution in [0.2, 0.25) is 0 Å². The molecule has 2 aromatic heterocycles. The van der Waals surface area contributed by atoms with Gasteiger partial charge in [0.05, 0.1) is 34.1 Å². The Morgan fingerprint density at radius 1 is 1.06 bits per heavy atom. The molecule has 9 nitrogen and oxygen atoms in total. The molecule has 0 radical (unpaired) electrons. The first-order chi connectivity index (χ1) is 15.0. The highest BCUT2D eigenvalue weighted by Crippen LogP contribution is 2.41. The number of nitrogens with one attached hydrogen (secondary N) is 1. The second-order valence-electron chi connectivity index (χ2n) is 6.60. The molecule has 1 N–H and O–H groups in total. The molecule has 0 spiro atoms. The van der Waals surface area contributed by atoms with Gasteiger partial charge < -0.3 is 19.2 Å². The number of fused-ring (bicyclic) bond motifs is 3. The van der Waals surface area contributed by atoms with Crippen molar-refractivity contribution in [2.45, 2.75) is 20.3 Å². The van der Waals surface area contributed by atoms with Gasteiger partial charge in [-0.15, -0.1) is 0 Å². The highest BCUT2D eigenvalue weighted by atomic mass is 16.7. The Bertz CT molecular complexity index is 1300. The maximum atomic E-state index is 11.8. The van der Waals surface area contributed by atoms with Gasteiger partial charge in [-0.1, -0.05) is 25.1 Å². The molecule has 0 aliphatic rings. The van der Waals surface area contributed by atoms with Crippen LogP contribution in [0.4, 0.5) is 10.5 Å². The molecule has 4 aromatic rings. The van der Waals surface area contributed by atoms with E-state index < -0.39 is 11.1 Å². The maximum Gasteiger partial charge on any atom is 0.515 e. The predicted molar refractivity (Wildman–Crippen MR) is 114 cm³/mol. The van der Waals surface area contributed by atoms with E-state index in [2.05, 4.69) is 9.97 Å². The minimum absolute atomic E-state index is 0.129. The topological polar surface area (TPSA) is 117 Å². The second-order valence-corrected chi connectivity index (χ2v) is 6.60. The molecule has 0 fully saturated rings. The number of carbonyl (C=O) groups is 1. The fourth-order valence-corrected chi connectivity index (χ4v) is 3.49. The van der Waals surface area contributed by atoms with Crippen LogP contribution in [-0.4, -0.2) is 27.7 Å². The Morgan fingerprint density at radius 2 is 1.84 bits per heavy atom. The summed E-state index contributed by atoms with van der Waals surface area (Å²) in [5.74, 6) is 0.709. The number of benzene rings is 2. The average molecular weight is 421 g/mol. The van der Waals surface area contributed by atoms with E-state index in [4.69, 9.17) is 14.2 Å². The predicted octanol–water partition coefficient (Wildman–Crippen LogP) is 5.51. The number of aromatic nitrogens is 2. The average Bonchev–Trinajstić information content (AvgIpc) is 3.14. The molecule has 9 heteroatoms. The molecule has 0 aliphatic heterocycles. The lowest BCUT2D eigenvalue weighted by molar-refractivity contribution is -0.385. The van der Waals surface area contributed by atoms with E-state index in [0.717, 1.165) is 16.4 Å². The number of hydrogen-bond donors (Lipinski definition) is 1. The lowest BCUT2D eigenvalue weighted by Crippen LogP contribution is -2.12. The molecular formula is C22H19N3O6. The van der Waals surface area contributed by atoms with Gasteiger partial charge in [0.2, 0.25) is 11.6 Å². The minimum Gasteiger partial charge on any atom is -0.449 e. The van der Waals surface area contributed by atoms with Crippen molar-refractivity contribution in [3.05, 3.63) is 64.3 Å². The third kappa shape index (κ3) is 3.73. The highest BCUT2D eigenvalue weighted by Gasteiger charge is 2.21. The van der Waals surface area contributed by atoms with Gasteiger partial charge >= 0.3 is 11.8 Å². The first kappa shape index (κ1) is 20.1. The molecule has 0 unspecified atom stereocenters. The van der Waals surface area contributed by atoms with E-state index in [1.165, 1.54) is 6.07 Å². The number of aryl methyl sites for hydroxylation is 1. The molecule has 0 saturated carbocycles. The third-order valence-electron chi connectivity index (χ3n) is 4.76. The first-order valence-corrected chi connectivity index (χ1v) is 9.71. The molecule has 0 aliphatic carbocycles. The molecule has 2 heterocycles. The van der Waals surface area contributed by atoms with Crippen LogP contribution in [0.1, 0.15) is 19.4 Å². The summed E-state index contributed by atoms with van der Waals surface area (Å²) >= 11 is 0. The highest BCUT2D eigenvalue weighted by molar-refractivity contribution is 6.12. The lowest BCUT2D eigenvalue weighted by Gasteiger charge is -2.11. The fourth-order valence-electron chi connectivity index (χ4n) is 3.49. The van der Waals surface area contributed by atoms with Crippen molar-refractivity contribution >= 4 is 33.6 Å². The number of pyridine rings is 1. The number of aromatic amines is 1. The number of carbonyl (C=O) groups excluding carboxylic acids is 1. The zero-order chi connectivity index (χ0) is 22.0. The van der Waals surface area contributed by atoms with E-state index >= 15 is 0 Å². The second kappa shape index (κ2) is 8.31. The number of nitro benzene ring substituents is 1. The molecule has 0 bridgehead atoms.